The van der Waals surface area contributed by atoms with Crippen LogP contribution >= 0.6 is 0 Å². The number of rotatable bonds is 4. The van der Waals surface area contributed by atoms with Crippen LogP contribution in [0, 0.1) is 0 Å². The maximum Gasteiger partial charge on any atom is 0.157 e. The molecule has 6 heteroatoms. The molecule has 0 aliphatic carbocycles. The van der Waals surface area contributed by atoms with Crippen molar-refractivity contribution in [3.8, 4) is 34.5 Å². The van der Waals surface area contributed by atoms with E-state index < -0.39 is 5.92 Å². The molecule has 0 aliphatic heterocycles. The van der Waals surface area contributed by atoms with Crippen LogP contribution < -0.4 is 0 Å². The second kappa shape index (κ2) is 7.44. The molecular formula is C22H20O6. The molecule has 0 aliphatic rings. The predicted molar refractivity (Wildman–Crippen MR) is 106 cm³/mol. The number of hydrogen-bond acceptors (Lipinski definition) is 6. The third-order valence-electron chi connectivity index (χ3n) is 4.56. The van der Waals surface area contributed by atoms with Crippen LogP contribution in [0.4, 0.5) is 0 Å². The van der Waals surface area contributed by atoms with E-state index in [1.807, 2.05) is 0 Å². The van der Waals surface area contributed by atoms with E-state index in [2.05, 4.69) is 0 Å². The van der Waals surface area contributed by atoms with Gasteiger partial charge in [0.2, 0.25) is 0 Å². The summed E-state index contributed by atoms with van der Waals surface area (Å²) in [7, 11) is 0. The molecule has 6 N–H and O–H groups in total. The van der Waals surface area contributed by atoms with Gasteiger partial charge in [-0.1, -0.05) is 31.2 Å². The van der Waals surface area contributed by atoms with Crippen molar-refractivity contribution in [2.75, 3.05) is 0 Å². The summed E-state index contributed by atoms with van der Waals surface area (Å²) in [6.45, 7) is 1.76. The summed E-state index contributed by atoms with van der Waals surface area (Å²) in [5, 5.41) is 58.8. The Bertz CT molecular complexity index is 1030. The third-order valence-corrected chi connectivity index (χ3v) is 4.56. The molecule has 0 amide bonds. The van der Waals surface area contributed by atoms with Crippen LogP contribution in [0.3, 0.4) is 0 Å². The van der Waals surface area contributed by atoms with Gasteiger partial charge in [0.05, 0.1) is 0 Å². The quantitative estimate of drug-likeness (QED) is 0.297. The van der Waals surface area contributed by atoms with Crippen molar-refractivity contribution in [1.29, 1.82) is 0 Å². The molecule has 0 heterocycles. The van der Waals surface area contributed by atoms with Crippen molar-refractivity contribution in [2.45, 2.75) is 12.8 Å². The average Bonchev–Trinajstić information content (AvgIpc) is 2.64. The normalized spacial score (nSPS) is 12.3. The summed E-state index contributed by atoms with van der Waals surface area (Å²) in [6, 6.07) is 11.7. The number of phenols is 6. The molecule has 3 aromatic rings. The van der Waals surface area contributed by atoms with Crippen LogP contribution in [-0.4, -0.2) is 30.6 Å². The fourth-order valence-corrected chi connectivity index (χ4v) is 3.00. The molecule has 0 saturated carbocycles. The summed E-state index contributed by atoms with van der Waals surface area (Å²) in [4.78, 5) is 0. The van der Waals surface area contributed by atoms with Crippen molar-refractivity contribution < 1.29 is 30.6 Å². The standard InChI is InChI=1S/C22H20O6/c1-12(15-5-7-17(24)19(26)11-15)22-20(27)9-14(10-21(22)28)3-2-13-4-6-16(23)18(25)8-13/h2-12,23-28H,1H3. The Balaban J connectivity index is 1.90. The molecule has 1 atom stereocenters. The highest BCUT2D eigenvalue weighted by molar-refractivity contribution is 5.73. The van der Waals surface area contributed by atoms with Crippen molar-refractivity contribution in [3.63, 3.8) is 0 Å². The molecule has 0 spiro atoms. The lowest BCUT2D eigenvalue weighted by Crippen LogP contribution is -1.98. The number of hydrogen-bond donors (Lipinski definition) is 6. The molecular weight excluding hydrogens is 360 g/mol. The molecule has 3 rings (SSSR count). The van der Waals surface area contributed by atoms with Gasteiger partial charge in [-0.05, 0) is 53.1 Å². The van der Waals surface area contributed by atoms with Crippen LogP contribution in [-0.2, 0) is 0 Å². The molecule has 1 unspecified atom stereocenters. The highest BCUT2D eigenvalue weighted by Gasteiger charge is 2.19. The first-order valence-electron chi connectivity index (χ1n) is 8.54. The van der Waals surface area contributed by atoms with E-state index in [1.54, 1.807) is 31.2 Å². The Morgan fingerprint density at radius 1 is 0.571 bits per heavy atom. The molecule has 0 saturated heterocycles. The Morgan fingerprint density at radius 3 is 1.64 bits per heavy atom. The monoisotopic (exact) mass is 380 g/mol. The highest BCUT2D eigenvalue weighted by Crippen LogP contribution is 2.40. The van der Waals surface area contributed by atoms with Gasteiger partial charge in [-0.25, -0.2) is 0 Å². The van der Waals surface area contributed by atoms with Crippen LogP contribution in [0.15, 0.2) is 48.5 Å². The summed E-state index contributed by atoms with van der Waals surface area (Å²) in [6.07, 6.45) is 3.31. The lowest BCUT2D eigenvalue weighted by Gasteiger charge is -2.17. The zero-order chi connectivity index (χ0) is 20.4. The summed E-state index contributed by atoms with van der Waals surface area (Å²) < 4.78 is 0. The molecule has 28 heavy (non-hydrogen) atoms. The number of phenolic OH excluding ortho intramolecular Hbond substituents is 6. The van der Waals surface area contributed by atoms with Gasteiger partial charge < -0.3 is 30.6 Å². The van der Waals surface area contributed by atoms with Crippen molar-refractivity contribution in [1.82, 2.24) is 0 Å². The van der Waals surface area contributed by atoms with Gasteiger partial charge in [-0.3, -0.25) is 0 Å². The Labute approximate surface area is 161 Å². The zero-order valence-electron chi connectivity index (χ0n) is 15.0. The van der Waals surface area contributed by atoms with Crippen LogP contribution in [0.5, 0.6) is 34.5 Å². The first-order valence-corrected chi connectivity index (χ1v) is 8.54. The largest absolute Gasteiger partial charge is 0.507 e. The summed E-state index contributed by atoms with van der Waals surface area (Å²) in [5.41, 5.74) is 2.08. The van der Waals surface area contributed by atoms with Crippen molar-refractivity contribution >= 4 is 12.2 Å². The van der Waals surface area contributed by atoms with Gasteiger partial charge in [-0.15, -0.1) is 0 Å². The molecule has 0 fully saturated rings. The molecule has 144 valence electrons. The minimum absolute atomic E-state index is 0.117. The second-order valence-corrected chi connectivity index (χ2v) is 6.52. The molecule has 0 radical (unpaired) electrons. The fourth-order valence-electron chi connectivity index (χ4n) is 3.00. The molecule has 0 bridgehead atoms. The van der Waals surface area contributed by atoms with Gasteiger partial charge in [-0.2, -0.15) is 0 Å². The summed E-state index contributed by atoms with van der Waals surface area (Å²) in [5.74, 6) is -1.65. The van der Waals surface area contributed by atoms with Crippen LogP contribution in [0.2, 0.25) is 0 Å². The molecule has 0 aromatic heterocycles. The van der Waals surface area contributed by atoms with Crippen LogP contribution in [0.1, 0.15) is 35.1 Å². The zero-order valence-corrected chi connectivity index (χ0v) is 15.0. The van der Waals surface area contributed by atoms with E-state index in [4.69, 9.17) is 0 Å². The van der Waals surface area contributed by atoms with Crippen molar-refractivity contribution in [3.05, 3.63) is 70.8 Å². The van der Waals surface area contributed by atoms with E-state index in [9.17, 15) is 30.6 Å². The lowest BCUT2D eigenvalue weighted by atomic mass is 9.90. The van der Waals surface area contributed by atoms with Gasteiger partial charge in [0, 0.05) is 11.5 Å². The number of benzene rings is 3. The van der Waals surface area contributed by atoms with E-state index in [0.717, 1.165) is 0 Å². The lowest BCUT2D eigenvalue weighted by molar-refractivity contribution is 0.402. The Hall–Kier alpha value is -3.80. The predicted octanol–water partition coefficient (Wildman–Crippen LogP) is 4.24. The minimum atomic E-state index is -0.432. The molecule has 6 nitrogen and oxygen atoms in total. The van der Waals surface area contributed by atoms with E-state index in [0.29, 0.717) is 22.3 Å². The fraction of sp³-hybridized carbons (Fsp3) is 0.0909. The second-order valence-electron chi connectivity index (χ2n) is 6.52. The topological polar surface area (TPSA) is 121 Å². The summed E-state index contributed by atoms with van der Waals surface area (Å²) >= 11 is 0. The minimum Gasteiger partial charge on any atom is -0.507 e. The first kappa shape index (κ1) is 19.0. The molecule has 3 aromatic carbocycles. The van der Waals surface area contributed by atoms with E-state index >= 15 is 0 Å². The van der Waals surface area contributed by atoms with E-state index in [1.165, 1.54) is 36.4 Å². The Morgan fingerprint density at radius 2 is 1.07 bits per heavy atom. The smallest absolute Gasteiger partial charge is 0.157 e. The van der Waals surface area contributed by atoms with E-state index in [-0.39, 0.29) is 34.5 Å². The Kier molecular flexibility index (Phi) is 5.04. The average molecular weight is 380 g/mol. The maximum absolute atomic E-state index is 10.4. The highest BCUT2D eigenvalue weighted by atomic mass is 16.3. The van der Waals surface area contributed by atoms with Crippen molar-refractivity contribution in [2.24, 2.45) is 0 Å². The van der Waals surface area contributed by atoms with Gasteiger partial charge in [0.1, 0.15) is 11.5 Å². The third kappa shape index (κ3) is 3.81. The van der Waals surface area contributed by atoms with Gasteiger partial charge >= 0.3 is 0 Å². The SMILES string of the molecule is CC(c1ccc(O)c(O)c1)c1c(O)cc(C=Cc2ccc(O)c(O)c2)cc1O. The number of aromatic hydroxyl groups is 6. The first-order chi connectivity index (χ1) is 13.3. The van der Waals surface area contributed by atoms with Crippen LogP contribution in [0.25, 0.3) is 12.2 Å². The maximum atomic E-state index is 10.4. The van der Waals surface area contributed by atoms with Gasteiger partial charge in [0.15, 0.2) is 23.0 Å². The van der Waals surface area contributed by atoms with Gasteiger partial charge in [0.25, 0.3) is 0 Å².